The van der Waals surface area contributed by atoms with Gasteiger partial charge in [0.1, 0.15) is 17.7 Å². The Bertz CT molecular complexity index is 2630. The number of carbonyl (C=O) groups excluding carboxylic acids is 3. The summed E-state index contributed by atoms with van der Waals surface area (Å²) in [7, 11) is 1.36. The van der Waals surface area contributed by atoms with Crippen molar-refractivity contribution in [2.75, 3.05) is 18.6 Å². The zero-order chi connectivity index (χ0) is 41.7. The lowest BCUT2D eigenvalue weighted by molar-refractivity contribution is -0.148. The van der Waals surface area contributed by atoms with Crippen molar-refractivity contribution in [3.63, 3.8) is 0 Å². The van der Waals surface area contributed by atoms with E-state index in [1.165, 1.54) is 7.11 Å². The maximum atomic E-state index is 13.9. The van der Waals surface area contributed by atoms with Crippen LogP contribution in [0.25, 0.3) is 44.4 Å². The number of methoxy groups -OCH3 is 1. The number of likely N-dealkylation sites (tertiary alicyclic amines) is 1. The number of hydrogen-bond donors (Lipinski definition) is 4. The molecule has 4 atom stereocenters. The average Bonchev–Trinajstić information content (AvgIpc) is 4.08. The molecule has 0 aliphatic carbocycles. The van der Waals surface area contributed by atoms with Crippen molar-refractivity contribution in [2.45, 2.75) is 70.5 Å². The Hall–Kier alpha value is -6.69. The SMILES string of the molecule is C=C(O)N[C@H]1CCc2cccc3c2N(C1=O)[C@H](c1ncc(-c2ccc(-c4ccc5cc(-c6cnc([C@@H]7CCCN7C(=O)[C@@H](CC(=O)OC)C(C)C)[nH]6)ccc5c4)cc2)[nH]1)C3. The third-order valence-corrected chi connectivity index (χ3v) is 12.5. The van der Waals surface area contributed by atoms with Crippen LogP contribution in [0.15, 0.2) is 104 Å². The number of rotatable bonds is 11. The first-order valence-electron chi connectivity index (χ1n) is 20.8. The van der Waals surface area contributed by atoms with Gasteiger partial charge < -0.3 is 30.0 Å². The molecule has 12 nitrogen and oxygen atoms in total. The molecule has 12 heteroatoms. The van der Waals surface area contributed by atoms with E-state index in [0.717, 1.165) is 92.1 Å². The molecule has 0 saturated carbocycles. The third-order valence-electron chi connectivity index (χ3n) is 12.5. The zero-order valence-electron chi connectivity index (χ0n) is 34.1. The Labute approximate surface area is 348 Å². The summed E-state index contributed by atoms with van der Waals surface area (Å²) in [6.07, 6.45) is 7.36. The lowest BCUT2D eigenvalue weighted by atomic mass is 9.91. The Morgan fingerprint density at radius 3 is 2.20 bits per heavy atom. The van der Waals surface area contributed by atoms with E-state index >= 15 is 0 Å². The number of aromatic nitrogens is 4. The van der Waals surface area contributed by atoms with Crippen LogP contribution in [-0.2, 0) is 32.0 Å². The first-order chi connectivity index (χ1) is 29.1. The summed E-state index contributed by atoms with van der Waals surface area (Å²) in [5.41, 5.74) is 9.14. The fourth-order valence-corrected chi connectivity index (χ4v) is 9.32. The summed E-state index contributed by atoms with van der Waals surface area (Å²) in [6, 6.07) is 26.4. The van der Waals surface area contributed by atoms with Crippen LogP contribution in [0.2, 0.25) is 0 Å². The number of para-hydroxylation sites is 1. The molecule has 2 amide bonds. The van der Waals surface area contributed by atoms with Gasteiger partial charge in [-0.2, -0.15) is 0 Å². The van der Waals surface area contributed by atoms with E-state index in [-0.39, 0.29) is 48.1 Å². The minimum absolute atomic E-state index is 0.00597. The molecule has 5 heterocycles. The second kappa shape index (κ2) is 15.8. The number of nitrogens with zero attached hydrogens (tertiary/aromatic N) is 4. The van der Waals surface area contributed by atoms with Crippen molar-refractivity contribution in [1.82, 2.24) is 30.2 Å². The summed E-state index contributed by atoms with van der Waals surface area (Å²) in [4.78, 5) is 59.9. The molecule has 6 aromatic rings. The minimum atomic E-state index is -0.578. The normalized spacial score (nSPS) is 19.1. The highest BCUT2D eigenvalue weighted by Crippen LogP contribution is 2.45. The molecule has 0 unspecified atom stereocenters. The molecule has 0 spiro atoms. The van der Waals surface area contributed by atoms with Gasteiger partial charge in [0.05, 0.1) is 61.0 Å². The van der Waals surface area contributed by atoms with Crippen molar-refractivity contribution in [2.24, 2.45) is 11.8 Å². The third kappa shape index (κ3) is 7.20. The van der Waals surface area contributed by atoms with E-state index in [1.807, 2.05) is 42.1 Å². The number of aliphatic hydroxyl groups is 1. The molecular weight excluding hydrogens is 755 g/mol. The lowest BCUT2D eigenvalue weighted by Crippen LogP contribution is -2.46. The standard InChI is InChI=1S/C48H49N7O5/c1-27(2)37(24-43(57)60-4)47(58)54-20-6-9-41(54)45-49-26-40(53-45)35-17-16-33-21-32(14-15-34(33)22-35)29-10-12-30(13-11-29)39-25-50-46(52-39)42-23-36-8-5-7-31-18-19-38(51-28(3)56)48(59)55(42)44(31)36/h5,7-8,10-17,21-22,25-27,37-38,41-42,51,56H,3,6,9,18-20,23-24H2,1-2,4H3,(H,49,53)(H,50,52)/t37-,38-,41-,42-/m0/s1. The van der Waals surface area contributed by atoms with Crippen molar-refractivity contribution >= 4 is 34.2 Å². The number of anilines is 1. The first-order valence-corrected chi connectivity index (χ1v) is 20.8. The van der Waals surface area contributed by atoms with Gasteiger partial charge in [0, 0.05) is 18.5 Å². The number of esters is 1. The van der Waals surface area contributed by atoms with E-state index in [4.69, 9.17) is 14.7 Å². The number of nitrogens with one attached hydrogen (secondary N) is 3. The highest BCUT2D eigenvalue weighted by Gasteiger charge is 2.43. The monoisotopic (exact) mass is 803 g/mol. The fourth-order valence-electron chi connectivity index (χ4n) is 9.32. The van der Waals surface area contributed by atoms with Crippen LogP contribution in [0, 0.1) is 11.8 Å². The van der Waals surface area contributed by atoms with E-state index in [9.17, 15) is 19.5 Å². The van der Waals surface area contributed by atoms with Gasteiger partial charge in [-0.25, -0.2) is 9.97 Å². The van der Waals surface area contributed by atoms with Gasteiger partial charge >= 0.3 is 5.97 Å². The number of aromatic amines is 2. The highest BCUT2D eigenvalue weighted by atomic mass is 16.5. The molecule has 0 radical (unpaired) electrons. The van der Waals surface area contributed by atoms with Crippen molar-refractivity contribution in [1.29, 1.82) is 0 Å². The van der Waals surface area contributed by atoms with Crippen LogP contribution in [0.5, 0.6) is 0 Å². The number of carbonyl (C=O) groups is 3. The Balaban J connectivity index is 0.897. The predicted molar refractivity (Wildman–Crippen MR) is 231 cm³/mol. The van der Waals surface area contributed by atoms with Gasteiger partial charge in [-0.3, -0.25) is 19.3 Å². The van der Waals surface area contributed by atoms with Gasteiger partial charge in [-0.05, 0) is 88.9 Å². The molecule has 0 bridgehead atoms. The Kier molecular flexibility index (Phi) is 10.2. The Morgan fingerprint density at radius 1 is 0.867 bits per heavy atom. The second-order valence-corrected chi connectivity index (χ2v) is 16.6. The topological polar surface area (TPSA) is 157 Å². The predicted octanol–water partition coefficient (Wildman–Crippen LogP) is 8.35. The number of benzene rings is 4. The number of hydrogen-bond acceptors (Lipinski definition) is 8. The number of aryl methyl sites for hydroxylation is 1. The fraction of sp³-hybridized carbons (Fsp3) is 0.312. The molecule has 60 heavy (non-hydrogen) atoms. The summed E-state index contributed by atoms with van der Waals surface area (Å²) in [5, 5.41) is 15.0. The van der Waals surface area contributed by atoms with E-state index in [2.05, 4.69) is 94.7 Å². The van der Waals surface area contributed by atoms with Crippen LogP contribution >= 0.6 is 0 Å². The van der Waals surface area contributed by atoms with E-state index < -0.39 is 12.0 Å². The number of imidazole rings is 2. The molecule has 4 aromatic carbocycles. The first kappa shape index (κ1) is 38.8. The van der Waals surface area contributed by atoms with Crippen LogP contribution in [-0.4, -0.2) is 67.4 Å². The van der Waals surface area contributed by atoms with Crippen LogP contribution in [0.3, 0.4) is 0 Å². The molecule has 1 fully saturated rings. The molecular formula is C48H49N7O5. The molecule has 1 saturated heterocycles. The van der Waals surface area contributed by atoms with Gasteiger partial charge in [0.25, 0.3) is 0 Å². The number of ether oxygens (including phenoxy) is 1. The summed E-state index contributed by atoms with van der Waals surface area (Å²) >= 11 is 0. The van der Waals surface area contributed by atoms with Crippen molar-refractivity contribution < 1.29 is 24.2 Å². The van der Waals surface area contributed by atoms with Crippen molar-refractivity contribution in [3.8, 4) is 33.6 Å². The quantitative estimate of drug-likeness (QED) is 0.0753. The van der Waals surface area contributed by atoms with E-state index in [1.54, 1.807) is 0 Å². The highest BCUT2D eigenvalue weighted by molar-refractivity contribution is 6.01. The second-order valence-electron chi connectivity index (χ2n) is 16.6. The largest absolute Gasteiger partial charge is 0.495 e. The summed E-state index contributed by atoms with van der Waals surface area (Å²) in [6.45, 7) is 8.13. The summed E-state index contributed by atoms with van der Waals surface area (Å²) in [5.74, 6) is 0.337. The molecule has 306 valence electrons. The average molecular weight is 804 g/mol. The van der Waals surface area contributed by atoms with Gasteiger partial charge in [0.2, 0.25) is 11.8 Å². The van der Waals surface area contributed by atoms with Gasteiger partial charge in [-0.1, -0.05) is 80.6 Å². The minimum Gasteiger partial charge on any atom is -0.495 e. The molecule has 9 rings (SSSR count). The maximum absolute atomic E-state index is 13.9. The summed E-state index contributed by atoms with van der Waals surface area (Å²) < 4.78 is 4.88. The lowest BCUT2D eigenvalue weighted by Gasteiger charge is -2.29. The molecule has 3 aliphatic heterocycles. The van der Waals surface area contributed by atoms with Crippen LogP contribution in [0.1, 0.15) is 74.4 Å². The molecule has 4 N–H and O–H groups in total. The van der Waals surface area contributed by atoms with Crippen molar-refractivity contribution in [3.05, 3.63) is 126 Å². The number of fused-ring (bicyclic) bond motifs is 1. The number of aliphatic hydroxyl groups excluding tert-OH is 1. The van der Waals surface area contributed by atoms with Crippen LogP contribution in [0.4, 0.5) is 5.69 Å². The molecule has 2 aromatic heterocycles. The van der Waals surface area contributed by atoms with E-state index in [0.29, 0.717) is 19.4 Å². The zero-order valence-corrected chi connectivity index (χ0v) is 34.1. The van der Waals surface area contributed by atoms with Crippen LogP contribution < -0.4 is 10.2 Å². The Morgan fingerprint density at radius 2 is 1.50 bits per heavy atom. The molecule has 3 aliphatic rings. The number of H-pyrrole nitrogens is 2. The maximum Gasteiger partial charge on any atom is 0.306 e. The smallest absolute Gasteiger partial charge is 0.306 e. The number of amides is 2. The van der Waals surface area contributed by atoms with Gasteiger partial charge in [0.15, 0.2) is 5.88 Å². The van der Waals surface area contributed by atoms with Gasteiger partial charge in [-0.15, -0.1) is 0 Å².